The van der Waals surface area contributed by atoms with E-state index in [0.717, 1.165) is 22.9 Å². The maximum absolute atomic E-state index is 5.19. The van der Waals surface area contributed by atoms with Crippen LogP contribution >= 0.6 is 0 Å². The number of benzene rings is 1. The Balaban J connectivity index is 2.06. The molecule has 0 atom stereocenters. The van der Waals surface area contributed by atoms with Crippen LogP contribution in [0.25, 0.3) is 11.4 Å². The fourth-order valence-electron chi connectivity index (χ4n) is 2.42. The molecule has 4 heteroatoms. The lowest BCUT2D eigenvalue weighted by Crippen LogP contribution is -2.03. The number of hydrogen-bond acceptors (Lipinski definition) is 4. The molecule has 1 saturated carbocycles. The first-order valence-corrected chi connectivity index (χ1v) is 6.95. The quantitative estimate of drug-likeness (QED) is 0.905. The Kier molecular flexibility index (Phi) is 3.65. The monoisotopic (exact) mass is 269 g/mol. The van der Waals surface area contributed by atoms with Crippen LogP contribution in [0.3, 0.4) is 0 Å². The van der Waals surface area contributed by atoms with Gasteiger partial charge in [-0.25, -0.2) is 9.97 Å². The second-order valence-corrected chi connectivity index (χ2v) is 5.11. The summed E-state index contributed by atoms with van der Waals surface area (Å²) in [4.78, 5) is 9.23. The topological polar surface area (TPSA) is 47.0 Å². The molecule has 2 aromatic rings. The molecule has 3 rings (SSSR count). The average Bonchev–Trinajstić information content (AvgIpc) is 3.32. The molecule has 0 bridgehead atoms. The van der Waals surface area contributed by atoms with Crippen molar-refractivity contribution in [2.75, 3.05) is 19.5 Å². The molecule has 0 aliphatic heterocycles. The summed E-state index contributed by atoms with van der Waals surface area (Å²) in [6.07, 6.45) is 2.54. The van der Waals surface area contributed by atoms with E-state index in [1.54, 1.807) is 7.11 Å². The van der Waals surface area contributed by atoms with Crippen LogP contribution in [0.15, 0.2) is 30.3 Å². The van der Waals surface area contributed by atoms with Crippen molar-refractivity contribution in [3.05, 3.63) is 41.6 Å². The van der Waals surface area contributed by atoms with E-state index >= 15 is 0 Å². The summed E-state index contributed by atoms with van der Waals surface area (Å²) in [6.45, 7) is 0.496. The Bertz CT molecular complexity index is 608. The van der Waals surface area contributed by atoms with Gasteiger partial charge in [-0.1, -0.05) is 24.3 Å². The van der Waals surface area contributed by atoms with E-state index in [-0.39, 0.29) is 0 Å². The van der Waals surface area contributed by atoms with Crippen molar-refractivity contribution in [2.45, 2.75) is 25.4 Å². The normalized spacial score (nSPS) is 14.3. The maximum Gasteiger partial charge on any atom is 0.162 e. The average molecular weight is 269 g/mol. The van der Waals surface area contributed by atoms with Gasteiger partial charge in [-0.15, -0.1) is 0 Å². The lowest BCUT2D eigenvalue weighted by Gasteiger charge is -2.10. The zero-order chi connectivity index (χ0) is 13.9. The Hall–Kier alpha value is -1.94. The molecule has 1 aliphatic rings. The Labute approximate surface area is 119 Å². The minimum atomic E-state index is 0.496. The summed E-state index contributed by atoms with van der Waals surface area (Å²) in [5, 5.41) is 3.09. The number of methoxy groups -OCH3 is 1. The predicted molar refractivity (Wildman–Crippen MR) is 79.7 cm³/mol. The minimum absolute atomic E-state index is 0.496. The molecule has 0 spiro atoms. The lowest BCUT2D eigenvalue weighted by atomic mass is 10.0. The molecule has 104 valence electrons. The molecular formula is C16H19N3O. The molecule has 0 radical (unpaired) electrons. The van der Waals surface area contributed by atoms with Crippen LogP contribution in [0.2, 0.25) is 0 Å². The Morgan fingerprint density at radius 2 is 2.05 bits per heavy atom. The third-order valence-electron chi connectivity index (χ3n) is 3.55. The van der Waals surface area contributed by atoms with Gasteiger partial charge in [0.2, 0.25) is 0 Å². The predicted octanol–water partition coefficient (Wildman–Crippen LogP) is 3.21. The first-order valence-electron chi connectivity index (χ1n) is 6.95. The van der Waals surface area contributed by atoms with Crippen molar-refractivity contribution in [1.29, 1.82) is 0 Å². The van der Waals surface area contributed by atoms with E-state index in [1.165, 1.54) is 18.4 Å². The van der Waals surface area contributed by atoms with E-state index in [0.29, 0.717) is 12.5 Å². The summed E-state index contributed by atoms with van der Waals surface area (Å²) in [6, 6.07) is 10.4. The van der Waals surface area contributed by atoms with Crippen LogP contribution < -0.4 is 5.32 Å². The van der Waals surface area contributed by atoms with Gasteiger partial charge in [-0.3, -0.25) is 0 Å². The van der Waals surface area contributed by atoms with Gasteiger partial charge in [0.25, 0.3) is 0 Å². The van der Waals surface area contributed by atoms with Crippen molar-refractivity contribution < 1.29 is 4.74 Å². The second-order valence-electron chi connectivity index (χ2n) is 5.11. The van der Waals surface area contributed by atoms with Gasteiger partial charge in [0, 0.05) is 25.8 Å². The number of nitrogens with zero attached hydrogens (tertiary/aromatic N) is 2. The molecule has 20 heavy (non-hydrogen) atoms. The van der Waals surface area contributed by atoms with Gasteiger partial charge in [-0.2, -0.15) is 0 Å². The van der Waals surface area contributed by atoms with E-state index in [4.69, 9.17) is 4.74 Å². The SMILES string of the molecule is CNc1cc(COC)nc(-c2ccccc2C2CC2)n1. The van der Waals surface area contributed by atoms with Gasteiger partial charge in [0.1, 0.15) is 5.82 Å². The Morgan fingerprint density at radius 1 is 1.25 bits per heavy atom. The molecule has 4 nitrogen and oxygen atoms in total. The number of anilines is 1. The number of hydrogen-bond donors (Lipinski definition) is 1. The van der Waals surface area contributed by atoms with Gasteiger partial charge in [0.15, 0.2) is 5.82 Å². The van der Waals surface area contributed by atoms with Gasteiger partial charge in [-0.05, 0) is 24.3 Å². The Morgan fingerprint density at radius 3 is 2.75 bits per heavy atom. The van der Waals surface area contributed by atoms with E-state index < -0.39 is 0 Å². The smallest absolute Gasteiger partial charge is 0.162 e. The van der Waals surface area contributed by atoms with Crippen LogP contribution in [0.5, 0.6) is 0 Å². The first-order chi connectivity index (χ1) is 9.81. The highest BCUT2D eigenvalue weighted by molar-refractivity contribution is 5.63. The highest BCUT2D eigenvalue weighted by Crippen LogP contribution is 2.43. The first kappa shape index (κ1) is 13.1. The number of ether oxygens (including phenoxy) is 1. The molecule has 1 aliphatic carbocycles. The second kappa shape index (κ2) is 5.59. The summed E-state index contributed by atoms with van der Waals surface area (Å²) >= 11 is 0. The standard InChI is InChI=1S/C16H19N3O/c1-17-15-9-12(10-20-2)18-16(19-15)14-6-4-3-5-13(14)11-7-8-11/h3-6,9,11H,7-8,10H2,1-2H3,(H,17,18,19). The summed E-state index contributed by atoms with van der Waals surface area (Å²) < 4.78 is 5.19. The zero-order valence-electron chi connectivity index (χ0n) is 11.9. The third kappa shape index (κ3) is 2.65. The van der Waals surface area contributed by atoms with Gasteiger partial charge < -0.3 is 10.1 Å². The number of nitrogens with one attached hydrogen (secondary N) is 1. The molecule has 1 aromatic heterocycles. The van der Waals surface area contributed by atoms with E-state index in [1.807, 2.05) is 19.2 Å². The van der Waals surface area contributed by atoms with Crippen LogP contribution in [0.1, 0.15) is 30.0 Å². The largest absolute Gasteiger partial charge is 0.378 e. The molecule has 1 fully saturated rings. The molecule has 1 N–H and O–H groups in total. The summed E-state index contributed by atoms with van der Waals surface area (Å²) in [5.74, 6) is 2.29. The molecule has 1 heterocycles. The van der Waals surface area contributed by atoms with E-state index in [2.05, 4.69) is 33.5 Å². The molecular weight excluding hydrogens is 250 g/mol. The summed E-state index contributed by atoms with van der Waals surface area (Å²) in [5.41, 5.74) is 3.40. The van der Waals surface area contributed by atoms with E-state index in [9.17, 15) is 0 Å². The van der Waals surface area contributed by atoms with Crippen molar-refractivity contribution in [1.82, 2.24) is 9.97 Å². The highest BCUT2D eigenvalue weighted by atomic mass is 16.5. The summed E-state index contributed by atoms with van der Waals surface area (Å²) in [7, 11) is 3.55. The maximum atomic E-state index is 5.19. The fourth-order valence-corrected chi connectivity index (χ4v) is 2.42. The van der Waals surface area contributed by atoms with Crippen molar-refractivity contribution >= 4 is 5.82 Å². The van der Waals surface area contributed by atoms with Crippen molar-refractivity contribution in [3.8, 4) is 11.4 Å². The number of aromatic nitrogens is 2. The number of rotatable bonds is 5. The highest BCUT2D eigenvalue weighted by Gasteiger charge is 2.26. The molecule has 0 saturated heterocycles. The zero-order valence-corrected chi connectivity index (χ0v) is 11.9. The molecule has 1 aromatic carbocycles. The van der Waals surface area contributed by atoms with Crippen LogP contribution in [0.4, 0.5) is 5.82 Å². The van der Waals surface area contributed by atoms with Crippen molar-refractivity contribution in [3.63, 3.8) is 0 Å². The van der Waals surface area contributed by atoms with Gasteiger partial charge >= 0.3 is 0 Å². The fraction of sp³-hybridized carbons (Fsp3) is 0.375. The van der Waals surface area contributed by atoms with Crippen LogP contribution in [-0.2, 0) is 11.3 Å². The lowest BCUT2D eigenvalue weighted by molar-refractivity contribution is 0.181. The van der Waals surface area contributed by atoms with Crippen molar-refractivity contribution in [2.24, 2.45) is 0 Å². The van der Waals surface area contributed by atoms with Gasteiger partial charge in [0.05, 0.1) is 12.3 Å². The third-order valence-corrected chi connectivity index (χ3v) is 3.55. The minimum Gasteiger partial charge on any atom is -0.378 e. The van der Waals surface area contributed by atoms with Crippen LogP contribution in [0, 0.1) is 0 Å². The molecule has 0 unspecified atom stereocenters. The molecule has 0 amide bonds. The van der Waals surface area contributed by atoms with Crippen LogP contribution in [-0.4, -0.2) is 24.1 Å².